The Kier molecular flexibility index (Phi) is 4.87. The average molecular weight is 321 g/mol. The van der Waals surface area contributed by atoms with Gasteiger partial charge in [-0.2, -0.15) is 0 Å². The van der Waals surface area contributed by atoms with Crippen LogP contribution < -0.4 is 10.1 Å². The smallest absolute Gasteiger partial charge is 0.255 e. The number of nitrogens with one attached hydrogen (secondary N) is 1. The van der Waals surface area contributed by atoms with Gasteiger partial charge >= 0.3 is 0 Å². The van der Waals surface area contributed by atoms with E-state index in [1.165, 1.54) is 12.1 Å². The molecule has 3 rings (SSSR count). The van der Waals surface area contributed by atoms with Crippen LogP contribution in [0.1, 0.15) is 15.9 Å². The number of anilines is 1. The Labute approximate surface area is 139 Å². The van der Waals surface area contributed by atoms with Crippen LogP contribution >= 0.6 is 0 Å². The molecule has 1 N–H and O–H groups in total. The molecule has 3 aromatic rings. The number of rotatable bonds is 5. The van der Waals surface area contributed by atoms with E-state index in [0.717, 1.165) is 5.56 Å². The van der Waals surface area contributed by atoms with Gasteiger partial charge in [0.1, 0.15) is 18.2 Å². The first-order valence-electron chi connectivity index (χ1n) is 7.54. The molecule has 3 nitrogen and oxygen atoms in total. The average Bonchev–Trinajstić information content (AvgIpc) is 2.61. The Morgan fingerprint density at radius 3 is 2.50 bits per heavy atom. The minimum atomic E-state index is -0.396. The van der Waals surface area contributed by atoms with Gasteiger partial charge in [0.2, 0.25) is 0 Å². The molecule has 3 aromatic carbocycles. The van der Waals surface area contributed by atoms with Gasteiger partial charge in [-0.15, -0.1) is 0 Å². The van der Waals surface area contributed by atoms with Crippen LogP contribution in [-0.2, 0) is 6.61 Å². The Morgan fingerprint density at radius 1 is 0.917 bits per heavy atom. The first-order valence-corrected chi connectivity index (χ1v) is 7.54. The Bertz CT molecular complexity index is 834. The molecule has 0 aliphatic rings. The summed E-state index contributed by atoms with van der Waals surface area (Å²) in [6, 6.07) is 22.5. The van der Waals surface area contributed by atoms with Crippen molar-refractivity contribution in [1.29, 1.82) is 0 Å². The summed E-state index contributed by atoms with van der Waals surface area (Å²) < 4.78 is 18.9. The molecule has 0 aliphatic heterocycles. The molecule has 0 aromatic heterocycles. The summed E-state index contributed by atoms with van der Waals surface area (Å²) in [7, 11) is 0. The maximum atomic E-state index is 13.2. The minimum Gasteiger partial charge on any atom is -0.489 e. The summed E-state index contributed by atoms with van der Waals surface area (Å²) in [4.78, 5) is 12.3. The molecule has 120 valence electrons. The lowest BCUT2D eigenvalue weighted by atomic mass is 10.2. The van der Waals surface area contributed by atoms with Crippen molar-refractivity contribution in [1.82, 2.24) is 0 Å². The van der Waals surface area contributed by atoms with E-state index >= 15 is 0 Å². The van der Waals surface area contributed by atoms with Crippen molar-refractivity contribution in [3.63, 3.8) is 0 Å². The Balaban J connectivity index is 1.67. The second-order valence-corrected chi connectivity index (χ2v) is 5.27. The maximum absolute atomic E-state index is 13.2. The molecule has 0 saturated heterocycles. The summed E-state index contributed by atoms with van der Waals surface area (Å²) in [6.45, 7) is 0.426. The highest BCUT2D eigenvalue weighted by atomic mass is 19.1. The van der Waals surface area contributed by atoms with E-state index in [1.54, 1.807) is 36.4 Å². The van der Waals surface area contributed by atoms with Gasteiger partial charge in [0.25, 0.3) is 5.91 Å². The lowest BCUT2D eigenvalue weighted by Crippen LogP contribution is -2.12. The summed E-state index contributed by atoms with van der Waals surface area (Å²) in [5, 5.41) is 2.67. The summed E-state index contributed by atoms with van der Waals surface area (Å²) in [5.74, 6) is -0.107. The number of halogens is 1. The van der Waals surface area contributed by atoms with Crippen molar-refractivity contribution in [3.8, 4) is 5.75 Å². The normalized spacial score (nSPS) is 10.2. The van der Waals surface area contributed by atoms with E-state index in [9.17, 15) is 9.18 Å². The van der Waals surface area contributed by atoms with Gasteiger partial charge < -0.3 is 10.1 Å². The van der Waals surface area contributed by atoms with Crippen LogP contribution in [0.3, 0.4) is 0 Å². The van der Waals surface area contributed by atoms with Crippen molar-refractivity contribution in [2.24, 2.45) is 0 Å². The number of ether oxygens (including phenoxy) is 1. The number of amides is 1. The van der Waals surface area contributed by atoms with Crippen LogP contribution in [0.4, 0.5) is 10.1 Å². The van der Waals surface area contributed by atoms with E-state index in [2.05, 4.69) is 5.32 Å². The van der Waals surface area contributed by atoms with Gasteiger partial charge in [-0.3, -0.25) is 4.79 Å². The zero-order valence-corrected chi connectivity index (χ0v) is 12.9. The van der Waals surface area contributed by atoms with Crippen molar-refractivity contribution in [3.05, 3.63) is 95.8 Å². The van der Waals surface area contributed by atoms with Crippen molar-refractivity contribution in [2.45, 2.75) is 6.61 Å². The first-order chi connectivity index (χ1) is 11.7. The Morgan fingerprint density at radius 2 is 1.71 bits per heavy atom. The van der Waals surface area contributed by atoms with Gasteiger partial charge in [-0.1, -0.05) is 42.5 Å². The SMILES string of the molecule is O=C(Nc1cccc(F)c1)c1cccc(OCc2ccccc2)c1. The molecule has 24 heavy (non-hydrogen) atoms. The highest BCUT2D eigenvalue weighted by Crippen LogP contribution is 2.17. The van der Waals surface area contributed by atoms with E-state index in [4.69, 9.17) is 4.74 Å². The Hall–Kier alpha value is -3.14. The van der Waals surface area contributed by atoms with Crippen molar-refractivity contribution in [2.75, 3.05) is 5.32 Å². The molecule has 0 spiro atoms. The fourth-order valence-corrected chi connectivity index (χ4v) is 2.24. The number of hydrogen-bond donors (Lipinski definition) is 1. The van der Waals surface area contributed by atoms with Crippen LogP contribution in [0.2, 0.25) is 0 Å². The van der Waals surface area contributed by atoms with Crippen LogP contribution in [0.5, 0.6) is 5.75 Å². The number of carbonyl (C=O) groups is 1. The van der Waals surface area contributed by atoms with Crippen molar-refractivity contribution < 1.29 is 13.9 Å². The molecule has 0 bridgehead atoms. The fraction of sp³-hybridized carbons (Fsp3) is 0.0500. The second-order valence-electron chi connectivity index (χ2n) is 5.27. The predicted molar refractivity (Wildman–Crippen MR) is 91.6 cm³/mol. The van der Waals surface area contributed by atoms with Gasteiger partial charge in [0, 0.05) is 11.3 Å². The first kappa shape index (κ1) is 15.7. The molecule has 0 heterocycles. The lowest BCUT2D eigenvalue weighted by molar-refractivity contribution is 0.102. The second kappa shape index (κ2) is 7.42. The zero-order valence-electron chi connectivity index (χ0n) is 12.9. The number of carbonyl (C=O) groups excluding carboxylic acids is 1. The molecular weight excluding hydrogens is 305 g/mol. The highest BCUT2D eigenvalue weighted by Gasteiger charge is 2.08. The fourth-order valence-electron chi connectivity index (χ4n) is 2.24. The van der Waals surface area contributed by atoms with Crippen LogP contribution in [-0.4, -0.2) is 5.91 Å². The largest absolute Gasteiger partial charge is 0.489 e. The third-order valence-electron chi connectivity index (χ3n) is 3.43. The van der Waals surface area contributed by atoms with E-state index in [1.807, 2.05) is 30.3 Å². The zero-order chi connectivity index (χ0) is 16.8. The molecule has 0 unspecified atom stereocenters. The molecule has 0 atom stereocenters. The predicted octanol–water partition coefficient (Wildman–Crippen LogP) is 4.66. The summed E-state index contributed by atoms with van der Waals surface area (Å²) in [6.07, 6.45) is 0. The van der Waals surface area contributed by atoms with Crippen LogP contribution in [0.15, 0.2) is 78.9 Å². The van der Waals surface area contributed by atoms with Crippen LogP contribution in [0.25, 0.3) is 0 Å². The third kappa shape index (κ3) is 4.20. The molecular formula is C20H16FNO2. The van der Waals surface area contributed by atoms with Crippen LogP contribution in [0, 0.1) is 5.82 Å². The molecule has 1 amide bonds. The summed E-state index contributed by atoms with van der Waals surface area (Å²) in [5.41, 5.74) is 1.91. The number of benzene rings is 3. The van der Waals surface area contributed by atoms with E-state index < -0.39 is 5.82 Å². The van der Waals surface area contributed by atoms with Gasteiger partial charge in [0.05, 0.1) is 0 Å². The third-order valence-corrected chi connectivity index (χ3v) is 3.43. The van der Waals surface area contributed by atoms with Gasteiger partial charge in [0.15, 0.2) is 0 Å². The topological polar surface area (TPSA) is 38.3 Å². The van der Waals surface area contributed by atoms with Gasteiger partial charge in [-0.05, 0) is 42.0 Å². The molecule has 0 saturated carbocycles. The lowest BCUT2D eigenvalue weighted by Gasteiger charge is -2.09. The highest BCUT2D eigenvalue weighted by molar-refractivity contribution is 6.04. The summed E-state index contributed by atoms with van der Waals surface area (Å²) >= 11 is 0. The quantitative estimate of drug-likeness (QED) is 0.742. The van der Waals surface area contributed by atoms with Gasteiger partial charge in [-0.25, -0.2) is 4.39 Å². The molecule has 0 radical (unpaired) electrons. The minimum absolute atomic E-state index is 0.314. The standard InChI is InChI=1S/C20H16FNO2/c21-17-9-5-10-18(13-17)22-20(23)16-8-4-11-19(12-16)24-14-15-6-2-1-3-7-15/h1-13H,14H2,(H,22,23). The number of hydrogen-bond acceptors (Lipinski definition) is 2. The van der Waals surface area contributed by atoms with E-state index in [0.29, 0.717) is 23.6 Å². The molecule has 4 heteroatoms. The monoisotopic (exact) mass is 321 g/mol. The maximum Gasteiger partial charge on any atom is 0.255 e. The van der Waals surface area contributed by atoms with E-state index in [-0.39, 0.29) is 5.91 Å². The molecule has 0 fully saturated rings. The van der Waals surface area contributed by atoms with Crippen molar-refractivity contribution >= 4 is 11.6 Å². The molecule has 0 aliphatic carbocycles.